The molecule has 1 heterocycles. The lowest BCUT2D eigenvalue weighted by molar-refractivity contribution is -0.144. The molecule has 2 aliphatic rings. The quantitative estimate of drug-likeness (QED) is 0.470. The van der Waals surface area contributed by atoms with Crippen LogP contribution in [0.15, 0.2) is 25.3 Å². The maximum absolute atomic E-state index is 12.7. The van der Waals surface area contributed by atoms with Crippen LogP contribution in [-0.4, -0.2) is 73.2 Å². The van der Waals surface area contributed by atoms with Crippen molar-refractivity contribution in [3.63, 3.8) is 0 Å². The molecule has 0 spiro atoms. The van der Waals surface area contributed by atoms with Crippen LogP contribution in [0.2, 0.25) is 0 Å². The second-order valence-corrected chi connectivity index (χ2v) is 8.69. The highest BCUT2D eigenvalue weighted by Crippen LogP contribution is 2.22. The first kappa shape index (κ1) is 26.1. The monoisotopic (exact) mass is 449 g/mol. The lowest BCUT2D eigenvalue weighted by atomic mass is 9.89. The first-order valence-electron chi connectivity index (χ1n) is 11.7. The van der Waals surface area contributed by atoms with E-state index in [0.29, 0.717) is 39.1 Å². The van der Waals surface area contributed by atoms with Crippen LogP contribution in [0.3, 0.4) is 0 Å². The Labute approximate surface area is 191 Å². The standard InChI is InChI=1S/C24H39N3O5/c1-5-15-31-17(3)22(28)25-20-7-9-21(10-8-20)26-23(29)19-11-13-27(14-12-19)24(30)18(4)32-16-6-2/h5-6,17-21H,1-2,7-16H2,3-4H3,(H,25,28)(H,26,29)/t17-,18+,20?,21?/m1/s1. The second-order valence-electron chi connectivity index (χ2n) is 8.69. The van der Waals surface area contributed by atoms with Crippen LogP contribution in [0.25, 0.3) is 0 Å². The number of amides is 3. The van der Waals surface area contributed by atoms with Crippen LogP contribution in [-0.2, 0) is 23.9 Å². The van der Waals surface area contributed by atoms with Gasteiger partial charge in [-0.05, 0) is 52.4 Å². The van der Waals surface area contributed by atoms with Crippen molar-refractivity contribution in [2.45, 2.75) is 76.7 Å². The van der Waals surface area contributed by atoms with Crippen LogP contribution in [0.5, 0.6) is 0 Å². The van der Waals surface area contributed by atoms with Crippen molar-refractivity contribution in [2.75, 3.05) is 26.3 Å². The third-order valence-corrected chi connectivity index (χ3v) is 6.24. The van der Waals surface area contributed by atoms with Gasteiger partial charge >= 0.3 is 0 Å². The molecule has 8 heteroatoms. The van der Waals surface area contributed by atoms with Gasteiger partial charge in [0, 0.05) is 31.1 Å². The molecule has 0 aromatic heterocycles. The van der Waals surface area contributed by atoms with E-state index in [1.165, 1.54) is 0 Å². The summed E-state index contributed by atoms with van der Waals surface area (Å²) in [5.41, 5.74) is 0. The normalized spacial score (nSPS) is 23.6. The molecule has 2 rings (SSSR count). The minimum atomic E-state index is -0.500. The molecule has 1 saturated carbocycles. The highest BCUT2D eigenvalue weighted by molar-refractivity contribution is 5.82. The predicted octanol–water partition coefficient (Wildman–Crippen LogP) is 1.95. The molecule has 0 aromatic rings. The summed E-state index contributed by atoms with van der Waals surface area (Å²) >= 11 is 0. The molecule has 1 aliphatic heterocycles. The largest absolute Gasteiger partial charge is 0.365 e. The molecule has 32 heavy (non-hydrogen) atoms. The third kappa shape index (κ3) is 8.06. The van der Waals surface area contributed by atoms with Gasteiger partial charge in [0.25, 0.3) is 5.91 Å². The molecule has 2 fully saturated rings. The fraction of sp³-hybridized carbons (Fsp3) is 0.708. The smallest absolute Gasteiger partial charge is 0.251 e. The van der Waals surface area contributed by atoms with Crippen LogP contribution in [0.1, 0.15) is 52.4 Å². The zero-order valence-corrected chi connectivity index (χ0v) is 19.5. The number of nitrogens with zero attached hydrogens (tertiary/aromatic N) is 1. The SMILES string of the molecule is C=CCO[C@@H](C)C(=O)N1CCC(C(=O)NC2CCC(NC(=O)[C@@H](C)OCC=C)CC2)CC1. The number of rotatable bonds is 11. The van der Waals surface area contributed by atoms with Crippen molar-refractivity contribution in [1.29, 1.82) is 0 Å². The summed E-state index contributed by atoms with van der Waals surface area (Å²) in [4.78, 5) is 39.1. The number of carbonyl (C=O) groups excluding carboxylic acids is 3. The molecule has 1 aliphatic carbocycles. The maximum Gasteiger partial charge on any atom is 0.251 e. The van der Waals surface area contributed by atoms with Gasteiger partial charge in [-0.25, -0.2) is 0 Å². The van der Waals surface area contributed by atoms with E-state index in [4.69, 9.17) is 9.47 Å². The predicted molar refractivity (Wildman–Crippen MR) is 123 cm³/mol. The average molecular weight is 450 g/mol. The molecule has 3 amide bonds. The lowest BCUT2D eigenvalue weighted by Gasteiger charge is -2.35. The number of carbonyl (C=O) groups is 3. The summed E-state index contributed by atoms with van der Waals surface area (Å²) in [7, 11) is 0. The summed E-state index contributed by atoms with van der Waals surface area (Å²) < 4.78 is 10.8. The number of ether oxygens (including phenoxy) is 2. The topological polar surface area (TPSA) is 97.0 Å². The fourth-order valence-electron chi connectivity index (χ4n) is 4.21. The zero-order valence-electron chi connectivity index (χ0n) is 19.5. The first-order valence-corrected chi connectivity index (χ1v) is 11.7. The highest BCUT2D eigenvalue weighted by atomic mass is 16.5. The summed E-state index contributed by atoms with van der Waals surface area (Å²) in [5.74, 6) is -0.129. The van der Waals surface area contributed by atoms with Crippen molar-refractivity contribution in [1.82, 2.24) is 15.5 Å². The van der Waals surface area contributed by atoms with Crippen molar-refractivity contribution < 1.29 is 23.9 Å². The minimum absolute atomic E-state index is 0.0321. The summed E-state index contributed by atoms with van der Waals surface area (Å²) in [5, 5.41) is 6.22. The molecule has 180 valence electrons. The number of hydrogen-bond acceptors (Lipinski definition) is 5. The molecule has 2 atom stereocenters. The van der Waals surface area contributed by atoms with Crippen LogP contribution in [0.4, 0.5) is 0 Å². The fourth-order valence-corrected chi connectivity index (χ4v) is 4.21. The van der Waals surface area contributed by atoms with Gasteiger partial charge in [-0.1, -0.05) is 12.2 Å². The van der Waals surface area contributed by atoms with Gasteiger partial charge in [-0.2, -0.15) is 0 Å². The van der Waals surface area contributed by atoms with E-state index in [0.717, 1.165) is 25.7 Å². The van der Waals surface area contributed by atoms with Crippen molar-refractivity contribution in [2.24, 2.45) is 5.92 Å². The Morgan fingerprint density at radius 2 is 1.38 bits per heavy atom. The van der Waals surface area contributed by atoms with E-state index >= 15 is 0 Å². The van der Waals surface area contributed by atoms with Crippen molar-refractivity contribution >= 4 is 17.7 Å². The van der Waals surface area contributed by atoms with E-state index in [1.807, 2.05) is 0 Å². The van der Waals surface area contributed by atoms with Crippen LogP contribution in [0, 0.1) is 5.92 Å². The summed E-state index contributed by atoms with van der Waals surface area (Å²) in [6, 6.07) is 0.252. The Balaban J connectivity index is 1.67. The maximum atomic E-state index is 12.7. The van der Waals surface area contributed by atoms with E-state index in [-0.39, 0.29) is 35.7 Å². The van der Waals surface area contributed by atoms with E-state index < -0.39 is 12.2 Å². The van der Waals surface area contributed by atoms with E-state index in [2.05, 4.69) is 23.8 Å². The molecule has 0 bridgehead atoms. The number of hydrogen-bond donors (Lipinski definition) is 2. The molecule has 0 unspecified atom stereocenters. The molecule has 0 radical (unpaired) electrons. The molecule has 0 aromatic carbocycles. The summed E-state index contributed by atoms with van der Waals surface area (Å²) in [6.45, 7) is 12.5. The van der Waals surface area contributed by atoms with Gasteiger partial charge < -0.3 is 25.0 Å². The highest BCUT2D eigenvalue weighted by Gasteiger charge is 2.31. The molecule has 8 nitrogen and oxygen atoms in total. The van der Waals surface area contributed by atoms with Gasteiger partial charge in [0.05, 0.1) is 13.2 Å². The van der Waals surface area contributed by atoms with Crippen LogP contribution < -0.4 is 10.6 Å². The third-order valence-electron chi connectivity index (χ3n) is 6.24. The van der Waals surface area contributed by atoms with Gasteiger partial charge in [0.1, 0.15) is 12.2 Å². The van der Waals surface area contributed by atoms with Gasteiger partial charge in [0.2, 0.25) is 11.8 Å². The Hall–Kier alpha value is -2.19. The Morgan fingerprint density at radius 3 is 1.91 bits per heavy atom. The van der Waals surface area contributed by atoms with Crippen molar-refractivity contribution in [3.05, 3.63) is 25.3 Å². The van der Waals surface area contributed by atoms with Gasteiger partial charge in [-0.15, -0.1) is 13.2 Å². The van der Waals surface area contributed by atoms with Crippen LogP contribution >= 0.6 is 0 Å². The zero-order chi connectivity index (χ0) is 23.5. The summed E-state index contributed by atoms with van der Waals surface area (Å²) in [6.07, 6.45) is 6.94. The molecular weight excluding hydrogens is 410 g/mol. The van der Waals surface area contributed by atoms with E-state index in [9.17, 15) is 14.4 Å². The van der Waals surface area contributed by atoms with Gasteiger partial charge in [0.15, 0.2) is 0 Å². The number of piperidine rings is 1. The minimum Gasteiger partial charge on any atom is -0.365 e. The Kier molecular flexibility index (Phi) is 10.9. The van der Waals surface area contributed by atoms with E-state index in [1.54, 1.807) is 30.9 Å². The molecule has 2 N–H and O–H groups in total. The number of nitrogens with one attached hydrogen (secondary N) is 2. The lowest BCUT2D eigenvalue weighted by Crippen LogP contribution is -2.49. The Morgan fingerprint density at radius 1 is 0.875 bits per heavy atom. The number of likely N-dealkylation sites (tertiary alicyclic amines) is 1. The average Bonchev–Trinajstić information content (AvgIpc) is 2.81. The molecule has 1 saturated heterocycles. The second kappa shape index (κ2) is 13.4. The first-order chi connectivity index (χ1) is 15.3. The van der Waals surface area contributed by atoms with Crippen molar-refractivity contribution in [3.8, 4) is 0 Å². The molecular formula is C24H39N3O5. The van der Waals surface area contributed by atoms with Gasteiger partial charge in [-0.3, -0.25) is 14.4 Å². The Bertz CT molecular complexity index is 652.